The van der Waals surface area contributed by atoms with Crippen molar-refractivity contribution in [1.82, 2.24) is 10.2 Å². The molecule has 0 bridgehead atoms. The molecule has 0 atom stereocenters. The van der Waals surface area contributed by atoms with E-state index >= 15 is 0 Å². The standard InChI is InChI=1S/C22H31ClN2O3/c1-15-12-19(13-16(2)21(15)23)28-14-20(26)24-18-8-10-25(11-9-18)22(27)17-6-4-3-5-7-17/h12-13,17-18H,3-11,14H2,1-2H3,(H,24,26). The number of hydrogen-bond acceptors (Lipinski definition) is 3. The van der Waals surface area contributed by atoms with Gasteiger partial charge in [0, 0.05) is 30.1 Å². The van der Waals surface area contributed by atoms with Crippen LogP contribution in [0.3, 0.4) is 0 Å². The fraction of sp³-hybridized carbons (Fsp3) is 0.636. The predicted octanol–water partition coefficient (Wildman–Crippen LogP) is 4.02. The minimum absolute atomic E-state index is 0.0122. The number of nitrogens with one attached hydrogen (secondary N) is 1. The number of halogens is 1. The van der Waals surface area contributed by atoms with E-state index in [0.717, 1.165) is 54.9 Å². The average Bonchev–Trinajstić information content (AvgIpc) is 2.71. The zero-order valence-electron chi connectivity index (χ0n) is 16.9. The molecule has 1 aliphatic carbocycles. The van der Waals surface area contributed by atoms with Crippen LogP contribution in [0.5, 0.6) is 5.75 Å². The molecule has 154 valence electrons. The van der Waals surface area contributed by atoms with E-state index < -0.39 is 0 Å². The monoisotopic (exact) mass is 406 g/mol. The van der Waals surface area contributed by atoms with E-state index in [1.165, 1.54) is 19.3 Å². The average molecular weight is 407 g/mol. The molecule has 1 heterocycles. The van der Waals surface area contributed by atoms with Crippen molar-refractivity contribution in [2.24, 2.45) is 5.92 Å². The second kappa shape index (κ2) is 9.64. The van der Waals surface area contributed by atoms with Gasteiger partial charge in [-0.15, -0.1) is 0 Å². The fourth-order valence-corrected chi connectivity index (χ4v) is 4.37. The van der Waals surface area contributed by atoms with Gasteiger partial charge in [0.25, 0.3) is 5.91 Å². The molecule has 1 aromatic carbocycles. The van der Waals surface area contributed by atoms with Crippen LogP contribution in [0, 0.1) is 19.8 Å². The smallest absolute Gasteiger partial charge is 0.258 e. The molecule has 5 nitrogen and oxygen atoms in total. The van der Waals surface area contributed by atoms with Gasteiger partial charge in [-0.1, -0.05) is 30.9 Å². The number of hydrogen-bond donors (Lipinski definition) is 1. The van der Waals surface area contributed by atoms with E-state index in [2.05, 4.69) is 5.32 Å². The zero-order chi connectivity index (χ0) is 20.1. The normalized spacial score (nSPS) is 18.8. The molecule has 3 rings (SSSR count). The van der Waals surface area contributed by atoms with Crippen molar-refractivity contribution in [3.8, 4) is 5.75 Å². The topological polar surface area (TPSA) is 58.6 Å². The molecular weight excluding hydrogens is 376 g/mol. The van der Waals surface area contributed by atoms with Gasteiger partial charge in [-0.25, -0.2) is 0 Å². The Hall–Kier alpha value is -1.75. The molecule has 6 heteroatoms. The molecule has 0 spiro atoms. The van der Waals surface area contributed by atoms with Crippen molar-refractivity contribution in [2.75, 3.05) is 19.7 Å². The molecule has 1 saturated carbocycles. The Bertz CT molecular complexity index is 685. The Morgan fingerprint density at radius 2 is 1.68 bits per heavy atom. The summed E-state index contributed by atoms with van der Waals surface area (Å²) in [5, 5.41) is 3.77. The van der Waals surface area contributed by atoms with Gasteiger partial charge in [0.1, 0.15) is 5.75 Å². The van der Waals surface area contributed by atoms with Gasteiger partial charge in [0.05, 0.1) is 0 Å². The third-order valence-electron chi connectivity index (χ3n) is 5.91. The van der Waals surface area contributed by atoms with Gasteiger partial charge >= 0.3 is 0 Å². The lowest BCUT2D eigenvalue weighted by Crippen LogP contribution is -2.49. The third-order valence-corrected chi connectivity index (χ3v) is 6.50. The summed E-state index contributed by atoms with van der Waals surface area (Å²) in [6.45, 7) is 5.30. The third kappa shape index (κ3) is 5.40. The second-order valence-corrected chi connectivity index (χ2v) is 8.54. The molecular formula is C22H31ClN2O3. The molecule has 0 radical (unpaired) electrons. The lowest BCUT2D eigenvalue weighted by molar-refractivity contribution is -0.137. The number of benzene rings is 1. The SMILES string of the molecule is Cc1cc(OCC(=O)NC2CCN(C(=O)C3CCCCC3)CC2)cc(C)c1Cl. The van der Waals surface area contributed by atoms with Crippen molar-refractivity contribution in [3.05, 3.63) is 28.3 Å². The van der Waals surface area contributed by atoms with Gasteiger partial charge in [-0.3, -0.25) is 9.59 Å². The van der Waals surface area contributed by atoms with E-state index in [0.29, 0.717) is 11.7 Å². The molecule has 2 aliphatic rings. The number of carbonyl (C=O) groups is 2. The number of rotatable bonds is 5. The fourth-order valence-electron chi connectivity index (χ4n) is 4.26. The zero-order valence-corrected chi connectivity index (χ0v) is 17.7. The van der Waals surface area contributed by atoms with Gasteiger partial charge in [0.15, 0.2) is 6.61 Å². The number of nitrogens with zero attached hydrogens (tertiary/aromatic N) is 1. The summed E-state index contributed by atoms with van der Waals surface area (Å²) >= 11 is 6.16. The van der Waals surface area contributed by atoms with E-state index in [9.17, 15) is 9.59 Å². The minimum atomic E-state index is -0.123. The van der Waals surface area contributed by atoms with Gasteiger partial charge in [-0.2, -0.15) is 0 Å². The lowest BCUT2D eigenvalue weighted by Gasteiger charge is -2.35. The van der Waals surface area contributed by atoms with Crippen LogP contribution in [0.1, 0.15) is 56.1 Å². The lowest BCUT2D eigenvalue weighted by atomic mass is 9.87. The largest absolute Gasteiger partial charge is 0.484 e. The summed E-state index contributed by atoms with van der Waals surface area (Å²) in [6.07, 6.45) is 7.31. The predicted molar refractivity (Wildman–Crippen MR) is 111 cm³/mol. The second-order valence-electron chi connectivity index (χ2n) is 8.16. The first kappa shape index (κ1) is 21.0. The van der Waals surface area contributed by atoms with E-state index in [4.69, 9.17) is 16.3 Å². The molecule has 1 saturated heterocycles. The van der Waals surface area contributed by atoms with Crippen LogP contribution < -0.4 is 10.1 Å². The first-order valence-electron chi connectivity index (χ1n) is 10.4. The van der Waals surface area contributed by atoms with Crippen molar-refractivity contribution in [3.63, 3.8) is 0 Å². The van der Waals surface area contributed by atoms with Gasteiger partial charge in [-0.05, 0) is 62.8 Å². The van der Waals surface area contributed by atoms with Crippen LogP contribution in [0.4, 0.5) is 0 Å². The number of likely N-dealkylation sites (tertiary alicyclic amines) is 1. The number of piperidine rings is 1. The number of ether oxygens (including phenoxy) is 1. The Balaban J connectivity index is 1.40. The number of aryl methyl sites for hydroxylation is 2. The van der Waals surface area contributed by atoms with Crippen molar-refractivity contribution >= 4 is 23.4 Å². The molecule has 1 aliphatic heterocycles. The van der Waals surface area contributed by atoms with Crippen LogP contribution >= 0.6 is 11.6 Å². The maximum absolute atomic E-state index is 12.6. The van der Waals surface area contributed by atoms with E-state index in [1.807, 2.05) is 30.9 Å². The Kier molecular flexibility index (Phi) is 7.22. The minimum Gasteiger partial charge on any atom is -0.484 e. The van der Waals surface area contributed by atoms with Gasteiger partial charge in [0.2, 0.25) is 5.91 Å². The molecule has 2 fully saturated rings. The van der Waals surface area contributed by atoms with E-state index in [1.54, 1.807) is 0 Å². The quantitative estimate of drug-likeness (QED) is 0.803. The maximum Gasteiger partial charge on any atom is 0.258 e. The molecule has 0 unspecified atom stereocenters. The Labute approximate surface area is 172 Å². The van der Waals surface area contributed by atoms with Crippen LogP contribution in [-0.2, 0) is 9.59 Å². The maximum atomic E-state index is 12.6. The molecule has 2 amide bonds. The van der Waals surface area contributed by atoms with Crippen molar-refractivity contribution in [1.29, 1.82) is 0 Å². The molecule has 1 N–H and O–H groups in total. The summed E-state index contributed by atoms with van der Waals surface area (Å²) in [4.78, 5) is 26.9. The highest BCUT2D eigenvalue weighted by molar-refractivity contribution is 6.32. The van der Waals surface area contributed by atoms with Crippen LogP contribution in [0.15, 0.2) is 12.1 Å². The summed E-state index contributed by atoms with van der Waals surface area (Å²) < 4.78 is 5.63. The highest BCUT2D eigenvalue weighted by Crippen LogP contribution is 2.27. The molecule has 0 aromatic heterocycles. The Morgan fingerprint density at radius 3 is 2.29 bits per heavy atom. The van der Waals surface area contributed by atoms with E-state index in [-0.39, 0.29) is 24.5 Å². The highest BCUT2D eigenvalue weighted by atomic mass is 35.5. The first-order chi connectivity index (χ1) is 13.4. The first-order valence-corrected chi connectivity index (χ1v) is 10.8. The summed E-state index contributed by atoms with van der Waals surface area (Å²) in [5.74, 6) is 1.07. The Morgan fingerprint density at radius 1 is 1.07 bits per heavy atom. The van der Waals surface area contributed by atoms with Crippen molar-refractivity contribution in [2.45, 2.75) is 64.8 Å². The number of amides is 2. The van der Waals surface area contributed by atoms with Crippen molar-refractivity contribution < 1.29 is 14.3 Å². The van der Waals surface area contributed by atoms with Gasteiger partial charge < -0.3 is 15.0 Å². The highest BCUT2D eigenvalue weighted by Gasteiger charge is 2.29. The number of carbonyl (C=O) groups excluding carboxylic acids is 2. The molecule has 1 aromatic rings. The molecule has 28 heavy (non-hydrogen) atoms. The van der Waals surface area contributed by atoms with Crippen LogP contribution in [0.25, 0.3) is 0 Å². The summed E-state index contributed by atoms with van der Waals surface area (Å²) in [7, 11) is 0. The summed E-state index contributed by atoms with van der Waals surface area (Å²) in [5.41, 5.74) is 1.87. The van der Waals surface area contributed by atoms with Crippen LogP contribution in [-0.4, -0.2) is 42.5 Å². The summed E-state index contributed by atoms with van der Waals surface area (Å²) in [6, 6.07) is 3.80. The van der Waals surface area contributed by atoms with Crippen LogP contribution in [0.2, 0.25) is 5.02 Å².